The van der Waals surface area contributed by atoms with Crippen molar-refractivity contribution in [2.75, 3.05) is 0 Å². The van der Waals surface area contributed by atoms with Gasteiger partial charge < -0.3 is 15.2 Å². The van der Waals surface area contributed by atoms with E-state index in [9.17, 15) is 19.7 Å². The number of rotatable bonds is 8. The molecular formula is C18H17ClN2O6. The second kappa shape index (κ2) is 9.00. The van der Waals surface area contributed by atoms with Gasteiger partial charge in [-0.2, -0.15) is 0 Å². The number of carbonyl (C=O) groups excluding carboxylic acids is 1. The van der Waals surface area contributed by atoms with Crippen LogP contribution in [0.4, 0.5) is 5.69 Å². The van der Waals surface area contributed by atoms with E-state index in [1.165, 1.54) is 19.1 Å². The maximum absolute atomic E-state index is 12.4. The maximum Gasteiger partial charge on any atom is 0.305 e. The number of hydrogen-bond acceptors (Lipinski definition) is 5. The molecule has 0 aliphatic heterocycles. The minimum Gasteiger partial charge on any atom is -0.481 e. The summed E-state index contributed by atoms with van der Waals surface area (Å²) in [7, 11) is 0. The molecule has 142 valence electrons. The minimum atomic E-state index is -1.19. The van der Waals surface area contributed by atoms with E-state index in [0.29, 0.717) is 5.75 Å². The summed E-state index contributed by atoms with van der Waals surface area (Å²) in [5.41, 5.74) is -0.110. The highest BCUT2D eigenvalue weighted by atomic mass is 35.5. The Morgan fingerprint density at radius 3 is 2.52 bits per heavy atom. The topological polar surface area (TPSA) is 119 Å². The van der Waals surface area contributed by atoms with Crippen molar-refractivity contribution in [3.63, 3.8) is 0 Å². The number of nitro benzene ring substituents is 1. The van der Waals surface area contributed by atoms with Gasteiger partial charge >= 0.3 is 5.97 Å². The van der Waals surface area contributed by atoms with Crippen molar-refractivity contribution < 1.29 is 24.4 Å². The van der Waals surface area contributed by atoms with Gasteiger partial charge in [0.25, 0.3) is 11.6 Å². The largest absolute Gasteiger partial charge is 0.481 e. The summed E-state index contributed by atoms with van der Waals surface area (Å²) in [6, 6.07) is 11.2. The van der Waals surface area contributed by atoms with Crippen molar-refractivity contribution in [2.45, 2.75) is 25.5 Å². The third-order valence-corrected chi connectivity index (χ3v) is 4.03. The van der Waals surface area contributed by atoms with Crippen molar-refractivity contribution >= 4 is 29.2 Å². The number of carboxylic acid groups (broad SMARTS) is 1. The van der Waals surface area contributed by atoms with Crippen LogP contribution in [0.25, 0.3) is 0 Å². The number of nitro groups is 1. The third-order valence-electron chi connectivity index (χ3n) is 3.69. The lowest BCUT2D eigenvalue weighted by molar-refractivity contribution is -0.384. The second-order valence-corrected chi connectivity index (χ2v) is 6.10. The number of amides is 1. The van der Waals surface area contributed by atoms with Crippen LogP contribution in [0.2, 0.25) is 5.02 Å². The predicted octanol–water partition coefficient (Wildman–Crippen LogP) is 3.35. The molecule has 0 aromatic heterocycles. The van der Waals surface area contributed by atoms with Gasteiger partial charge in [0.2, 0.25) is 0 Å². The molecule has 2 aromatic rings. The van der Waals surface area contributed by atoms with E-state index in [-0.39, 0.29) is 16.3 Å². The summed E-state index contributed by atoms with van der Waals surface area (Å²) in [5, 5.41) is 22.8. The molecule has 2 atom stereocenters. The molecule has 0 radical (unpaired) electrons. The number of carboxylic acids is 1. The van der Waals surface area contributed by atoms with Gasteiger partial charge in [0, 0.05) is 22.7 Å². The van der Waals surface area contributed by atoms with E-state index in [4.69, 9.17) is 21.4 Å². The molecule has 2 rings (SSSR count). The molecule has 2 N–H and O–H groups in total. The van der Waals surface area contributed by atoms with Crippen LogP contribution in [0, 0.1) is 10.1 Å². The Balaban J connectivity index is 2.21. The number of nitrogens with one attached hydrogen (secondary N) is 1. The van der Waals surface area contributed by atoms with Crippen LogP contribution >= 0.6 is 11.6 Å². The van der Waals surface area contributed by atoms with Gasteiger partial charge in [-0.25, -0.2) is 0 Å². The first-order chi connectivity index (χ1) is 12.8. The summed E-state index contributed by atoms with van der Waals surface area (Å²) >= 11 is 6.07. The zero-order valence-electron chi connectivity index (χ0n) is 14.3. The van der Waals surface area contributed by atoms with Crippen LogP contribution < -0.4 is 10.1 Å². The number of carbonyl (C=O) groups is 2. The summed E-state index contributed by atoms with van der Waals surface area (Å²) in [6.07, 6.45) is -1.41. The highest BCUT2D eigenvalue weighted by Crippen LogP contribution is 2.29. The first-order valence-corrected chi connectivity index (χ1v) is 8.33. The Morgan fingerprint density at radius 1 is 1.26 bits per heavy atom. The van der Waals surface area contributed by atoms with Crippen molar-refractivity contribution in [2.24, 2.45) is 0 Å². The lowest BCUT2D eigenvalue weighted by Gasteiger charge is -2.21. The average Bonchev–Trinajstić information content (AvgIpc) is 2.61. The number of non-ortho nitro benzene ring substituents is 1. The fourth-order valence-electron chi connectivity index (χ4n) is 2.37. The lowest BCUT2D eigenvalue weighted by atomic mass is 10.0. The number of halogens is 1. The fraction of sp³-hybridized carbons (Fsp3) is 0.222. The molecule has 0 bridgehead atoms. The van der Waals surface area contributed by atoms with Crippen molar-refractivity contribution in [1.29, 1.82) is 0 Å². The van der Waals surface area contributed by atoms with Gasteiger partial charge in [-0.15, -0.1) is 0 Å². The molecule has 8 nitrogen and oxygen atoms in total. The van der Waals surface area contributed by atoms with Gasteiger partial charge in [0.15, 0.2) is 6.10 Å². The molecule has 9 heteroatoms. The molecule has 0 saturated carbocycles. The number of ether oxygens (including phenoxy) is 1. The fourth-order valence-corrected chi connectivity index (χ4v) is 2.62. The molecule has 0 saturated heterocycles. The Labute approximate surface area is 159 Å². The highest BCUT2D eigenvalue weighted by molar-refractivity contribution is 6.31. The predicted molar refractivity (Wildman–Crippen MR) is 97.8 cm³/mol. The van der Waals surface area contributed by atoms with E-state index in [2.05, 4.69) is 5.32 Å². The quantitative estimate of drug-likeness (QED) is 0.525. The molecule has 2 aromatic carbocycles. The first kappa shape index (κ1) is 20.2. The lowest BCUT2D eigenvalue weighted by Crippen LogP contribution is -2.39. The summed E-state index contributed by atoms with van der Waals surface area (Å²) in [6.45, 7) is 1.51. The summed E-state index contributed by atoms with van der Waals surface area (Å²) in [4.78, 5) is 34.0. The number of para-hydroxylation sites is 1. The molecule has 0 aliphatic carbocycles. The highest BCUT2D eigenvalue weighted by Gasteiger charge is 2.25. The maximum atomic E-state index is 12.4. The first-order valence-electron chi connectivity index (χ1n) is 7.95. The molecule has 0 aliphatic rings. The van der Waals surface area contributed by atoms with Crippen LogP contribution in [-0.4, -0.2) is 28.0 Å². The number of benzene rings is 2. The van der Waals surface area contributed by atoms with Crippen LogP contribution in [0.15, 0.2) is 48.5 Å². The zero-order valence-corrected chi connectivity index (χ0v) is 15.1. The Bertz CT molecular complexity index is 843. The third kappa shape index (κ3) is 5.68. The van der Waals surface area contributed by atoms with Crippen LogP contribution in [0.1, 0.15) is 24.9 Å². The van der Waals surface area contributed by atoms with Crippen LogP contribution in [0.3, 0.4) is 0 Å². The van der Waals surface area contributed by atoms with Gasteiger partial charge in [-0.05, 0) is 25.1 Å². The van der Waals surface area contributed by atoms with Crippen molar-refractivity contribution in [3.8, 4) is 5.75 Å². The second-order valence-electron chi connectivity index (χ2n) is 5.70. The molecule has 0 unspecified atom stereocenters. The standard InChI is InChI=1S/C18H17ClN2O6/c1-11(27-13-5-3-2-4-6-13)18(24)20-16(10-17(22)23)14-9-12(21(25)26)7-8-15(14)19/h2-9,11,16H,10H2,1H3,(H,20,24)(H,22,23)/t11-,16-/m0/s1. The zero-order chi connectivity index (χ0) is 20.0. The van der Waals surface area contributed by atoms with E-state index in [1.807, 2.05) is 0 Å². The number of nitrogens with zero attached hydrogens (tertiary/aromatic N) is 1. The Morgan fingerprint density at radius 2 is 1.93 bits per heavy atom. The number of hydrogen-bond donors (Lipinski definition) is 2. The van der Waals surface area contributed by atoms with Crippen molar-refractivity contribution in [1.82, 2.24) is 5.32 Å². The minimum absolute atomic E-state index is 0.115. The normalized spacial score (nSPS) is 12.7. The molecule has 0 heterocycles. The van der Waals surface area contributed by atoms with E-state index in [1.54, 1.807) is 30.3 Å². The molecular weight excluding hydrogens is 376 g/mol. The van der Waals surface area contributed by atoms with Crippen molar-refractivity contribution in [3.05, 3.63) is 69.2 Å². The summed E-state index contributed by atoms with van der Waals surface area (Å²) in [5.74, 6) is -1.30. The van der Waals surface area contributed by atoms with Gasteiger partial charge in [-0.3, -0.25) is 19.7 Å². The smallest absolute Gasteiger partial charge is 0.305 e. The average molecular weight is 393 g/mol. The monoisotopic (exact) mass is 392 g/mol. The molecule has 0 spiro atoms. The van der Waals surface area contributed by atoms with Gasteiger partial charge in [0.05, 0.1) is 17.4 Å². The van der Waals surface area contributed by atoms with Gasteiger partial charge in [0.1, 0.15) is 5.75 Å². The molecule has 0 fully saturated rings. The van der Waals surface area contributed by atoms with Crippen LogP contribution in [0.5, 0.6) is 5.75 Å². The van der Waals surface area contributed by atoms with Gasteiger partial charge in [-0.1, -0.05) is 29.8 Å². The Hall–Kier alpha value is -3.13. The molecule has 27 heavy (non-hydrogen) atoms. The Kier molecular flexibility index (Phi) is 6.73. The van der Waals surface area contributed by atoms with Crippen LogP contribution in [-0.2, 0) is 9.59 Å². The van der Waals surface area contributed by atoms with E-state index in [0.717, 1.165) is 6.07 Å². The SMILES string of the molecule is C[C@H](Oc1ccccc1)C(=O)N[C@@H](CC(=O)O)c1cc([N+](=O)[O-])ccc1Cl. The van der Waals surface area contributed by atoms with E-state index < -0.39 is 35.4 Å². The van der Waals surface area contributed by atoms with E-state index >= 15 is 0 Å². The number of aliphatic carboxylic acids is 1. The summed E-state index contributed by atoms with van der Waals surface area (Å²) < 4.78 is 5.51. The molecule has 1 amide bonds.